The minimum Gasteiger partial charge on any atom is -0.377 e. The summed E-state index contributed by atoms with van der Waals surface area (Å²) in [7, 11) is 2.66. The lowest BCUT2D eigenvalue weighted by molar-refractivity contribution is -0.627. The van der Waals surface area contributed by atoms with Crippen LogP contribution in [0.25, 0.3) is 0 Å². The molecule has 0 heterocycles. The third kappa shape index (κ3) is 17.0. The number of halogens is 7. The molecule has 4 rings (SSSR count). The minimum absolute atomic E-state index is 0.0507. The molecule has 0 N–H and O–H groups in total. The van der Waals surface area contributed by atoms with Gasteiger partial charge in [0.1, 0.15) is 8.86 Å². The van der Waals surface area contributed by atoms with Gasteiger partial charge in [0.15, 0.2) is 21.4 Å². The standard InChI is InChI=1S/C18H24I2O3Si.C15H15Cl3I2Si/c1-21-24(22-2,23-3)15-7-14-19-16-10-12-18(13-11-16)20-17-8-5-4-6-9-17;16-21(17,18)12-4-11-19-13-7-9-15(10-8-13)20-14-5-2-1-3-6-14/h4-6,8-13H,7,14-15H2,1-3H3;1-3,5-10H,4,11-12H2/q2*+2. The lowest BCUT2D eigenvalue weighted by atomic mass is 10.4. The van der Waals surface area contributed by atoms with Crippen LogP contribution in [0.15, 0.2) is 109 Å². The van der Waals surface area contributed by atoms with Gasteiger partial charge in [-0.1, -0.05) is 36.4 Å². The van der Waals surface area contributed by atoms with Gasteiger partial charge in [0.2, 0.25) is 0 Å². The van der Waals surface area contributed by atoms with Crippen LogP contribution in [0.1, 0.15) is 12.8 Å². The molecule has 0 fully saturated rings. The van der Waals surface area contributed by atoms with Gasteiger partial charge in [-0.25, -0.2) is 0 Å². The summed E-state index contributed by atoms with van der Waals surface area (Å²) in [6, 6.07) is 39.2. The average Bonchev–Trinajstić information content (AvgIpc) is 3.06. The van der Waals surface area contributed by atoms with Crippen LogP contribution in [0.4, 0.5) is 0 Å². The Morgan fingerprint density at radius 2 is 0.800 bits per heavy atom. The SMILES string of the molecule is CO[Si](CCC[I+]c1ccc([I+]c2ccccc2)cc1)(OC)OC.Cl[Si](Cl)(Cl)CCC[I+]c1ccc([I+]c2ccccc2)cc1. The van der Waals surface area contributed by atoms with Crippen molar-refractivity contribution in [1.82, 2.24) is 0 Å². The molecule has 0 aliphatic carbocycles. The molecule has 4 aromatic carbocycles. The van der Waals surface area contributed by atoms with Crippen LogP contribution in [0.3, 0.4) is 0 Å². The Morgan fingerprint density at radius 1 is 0.467 bits per heavy atom. The molecular weight excluding hydrogens is 1110 g/mol. The summed E-state index contributed by atoms with van der Waals surface area (Å²) in [5, 5.41) is 0. The van der Waals surface area contributed by atoms with Crippen LogP contribution >= 0.6 is 33.2 Å². The molecule has 0 radical (unpaired) electrons. The van der Waals surface area contributed by atoms with Gasteiger partial charge in [0.05, 0.1) is 0 Å². The van der Waals surface area contributed by atoms with E-state index in [1.807, 2.05) is 0 Å². The summed E-state index contributed by atoms with van der Waals surface area (Å²) in [6.45, 7) is 0. The predicted octanol–water partition coefficient (Wildman–Crippen LogP) is -3.54. The summed E-state index contributed by atoms with van der Waals surface area (Å²) >= 11 is 17.7. The number of benzene rings is 4. The second-order valence-corrected chi connectivity index (χ2v) is 34.0. The van der Waals surface area contributed by atoms with E-state index in [9.17, 15) is 0 Å². The second-order valence-electron chi connectivity index (χ2n) is 9.42. The minimum atomic E-state index is -2.41. The molecule has 0 bridgehead atoms. The highest BCUT2D eigenvalue weighted by atomic mass is 127. The van der Waals surface area contributed by atoms with Crippen LogP contribution in [-0.4, -0.2) is 45.0 Å². The molecule has 242 valence electrons. The zero-order chi connectivity index (χ0) is 32.4. The zero-order valence-corrected chi connectivity index (χ0v) is 38.4. The van der Waals surface area contributed by atoms with E-state index in [2.05, 4.69) is 109 Å². The molecule has 0 spiro atoms. The van der Waals surface area contributed by atoms with E-state index in [1.165, 1.54) is 30.3 Å². The van der Waals surface area contributed by atoms with Crippen molar-refractivity contribution in [3.05, 3.63) is 131 Å². The normalized spacial score (nSPS) is 11.6. The van der Waals surface area contributed by atoms with Crippen LogP contribution in [0.5, 0.6) is 0 Å². The average molecular weight is 1150 g/mol. The number of hydrogen-bond acceptors (Lipinski definition) is 3. The number of alkyl halides is 2. The van der Waals surface area contributed by atoms with E-state index in [-0.39, 0.29) is 84.8 Å². The zero-order valence-electron chi connectivity index (χ0n) is 25.5. The van der Waals surface area contributed by atoms with Crippen LogP contribution in [0, 0.1) is 21.4 Å². The summed E-state index contributed by atoms with van der Waals surface area (Å²) < 4.78 is 27.7. The van der Waals surface area contributed by atoms with Crippen molar-refractivity contribution < 1.29 is 98.1 Å². The summed E-state index contributed by atoms with van der Waals surface area (Å²) in [6.07, 6.45) is 2.16. The lowest BCUT2D eigenvalue weighted by Crippen LogP contribution is -3.63. The number of hydrogen-bond donors (Lipinski definition) is 0. The maximum Gasteiger partial charge on any atom is 0.500 e. The fourth-order valence-corrected chi connectivity index (χ4v) is 17.7. The Morgan fingerprint density at radius 3 is 1.16 bits per heavy atom. The molecule has 3 nitrogen and oxygen atoms in total. The molecule has 0 unspecified atom stereocenters. The van der Waals surface area contributed by atoms with Gasteiger partial charge in [-0.2, -0.15) is 0 Å². The highest BCUT2D eigenvalue weighted by Crippen LogP contribution is 2.25. The first kappa shape index (κ1) is 40.4. The molecular formula is C33H39Cl3I4O3Si2+4. The first-order chi connectivity index (χ1) is 21.7. The quantitative estimate of drug-likeness (QED) is 0.0362. The van der Waals surface area contributed by atoms with E-state index in [0.29, 0.717) is 0 Å². The molecule has 0 saturated carbocycles. The van der Waals surface area contributed by atoms with Gasteiger partial charge >= 0.3 is 99.6 Å². The Labute approximate surface area is 327 Å². The summed E-state index contributed by atoms with van der Waals surface area (Å²) in [4.78, 5) is 0. The van der Waals surface area contributed by atoms with Crippen LogP contribution in [0.2, 0.25) is 12.1 Å². The van der Waals surface area contributed by atoms with Crippen molar-refractivity contribution in [3.63, 3.8) is 0 Å². The molecule has 4 aromatic rings. The van der Waals surface area contributed by atoms with E-state index >= 15 is 0 Å². The summed E-state index contributed by atoms with van der Waals surface area (Å²) in [5.74, 6) is 0. The second kappa shape index (κ2) is 22.7. The van der Waals surface area contributed by atoms with Crippen molar-refractivity contribution in [2.75, 3.05) is 30.2 Å². The van der Waals surface area contributed by atoms with Crippen molar-refractivity contribution >= 4 is 48.0 Å². The monoisotopic (exact) mass is 1150 g/mol. The Bertz CT molecular complexity index is 1340. The van der Waals surface area contributed by atoms with Crippen molar-refractivity contribution in [3.8, 4) is 0 Å². The van der Waals surface area contributed by atoms with E-state index in [4.69, 9.17) is 46.5 Å². The van der Waals surface area contributed by atoms with Gasteiger partial charge in [-0.3, -0.25) is 0 Å². The van der Waals surface area contributed by atoms with Gasteiger partial charge in [0, 0.05) is 27.4 Å². The van der Waals surface area contributed by atoms with Crippen molar-refractivity contribution in [2.24, 2.45) is 0 Å². The van der Waals surface area contributed by atoms with Crippen molar-refractivity contribution in [1.29, 1.82) is 0 Å². The van der Waals surface area contributed by atoms with Gasteiger partial charge < -0.3 is 13.3 Å². The van der Waals surface area contributed by atoms with Gasteiger partial charge in [-0.15, -0.1) is 33.2 Å². The maximum atomic E-state index is 5.90. The molecule has 0 aliphatic rings. The molecule has 0 saturated heterocycles. The highest BCUT2D eigenvalue weighted by Gasteiger charge is 2.37. The van der Waals surface area contributed by atoms with Gasteiger partial charge in [-0.05, 0) is 91.7 Å². The Hall–Kier alpha value is 0.984. The molecule has 12 heteroatoms. The maximum absolute atomic E-state index is 5.90. The Balaban J connectivity index is 0.000000248. The fraction of sp³-hybridized carbons (Fsp3) is 0.273. The number of rotatable bonds is 17. The first-order valence-electron chi connectivity index (χ1n) is 14.2. The fourth-order valence-electron chi connectivity index (χ4n) is 3.83. The highest BCUT2D eigenvalue weighted by molar-refractivity contribution is 7.64. The lowest BCUT2D eigenvalue weighted by Gasteiger charge is -2.23. The van der Waals surface area contributed by atoms with Crippen LogP contribution < -0.4 is 84.8 Å². The Kier molecular flexibility index (Phi) is 20.3. The molecule has 0 aliphatic heterocycles. The third-order valence-corrected chi connectivity index (χ3v) is 22.8. The molecule has 0 aromatic heterocycles. The predicted molar refractivity (Wildman–Crippen MR) is 177 cm³/mol. The largest absolute Gasteiger partial charge is 0.500 e. The van der Waals surface area contributed by atoms with Gasteiger partial charge in [0.25, 0.3) is 0 Å². The first-order valence-corrected chi connectivity index (χ1v) is 30.9. The molecule has 0 amide bonds. The van der Waals surface area contributed by atoms with E-state index in [1.54, 1.807) is 21.3 Å². The van der Waals surface area contributed by atoms with E-state index in [0.717, 1.165) is 24.9 Å². The molecule has 0 atom stereocenters. The van der Waals surface area contributed by atoms with E-state index < -0.39 is 14.8 Å². The third-order valence-electron chi connectivity index (χ3n) is 6.15. The topological polar surface area (TPSA) is 27.7 Å². The molecule has 45 heavy (non-hydrogen) atoms. The summed E-state index contributed by atoms with van der Waals surface area (Å²) in [5.41, 5.74) is 0. The van der Waals surface area contributed by atoms with Crippen LogP contribution in [-0.2, 0) is 13.3 Å². The smallest absolute Gasteiger partial charge is 0.377 e. The van der Waals surface area contributed by atoms with Crippen molar-refractivity contribution in [2.45, 2.75) is 24.9 Å².